The molecule has 1 unspecified atom stereocenters. The van der Waals surface area contributed by atoms with Crippen molar-refractivity contribution in [3.63, 3.8) is 0 Å². The second kappa shape index (κ2) is 12.3. The van der Waals surface area contributed by atoms with Crippen LogP contribution in [0.1, 0.15) is 57.8 Å². The van der Waals surface area contributed by atoms with Crippen molar-refractivity contribution in [2.24, 2.45) is 0 Å². The average molecular weight is 623 g/mol. The van der Waals surface area contributed by atoms with E-state index in [0.29, 0.717) is 30.2 Å². The quantitative estimate of drug-likeness (QED) is 0.227. The molecule has 10 nitrogen and oxygen atoms in total. The molecule has 0 aliphatic carbocycles. The summed E-state index contributed by atoms with van der Waals surface area (Å²) in [5, 5.41) is 0.137. The van der Waals surface area contributed by atoms with Crippen LogP contribution in [-0.2, 0) is 4.79 Å². The number of anilines is 1. The fourth-order valence-corrected chi connectivity index (χ4v) is 5.86. The second-order valence-corrected chi connectivity index (χ2v) is 11.5. The highest BCUT2D eigenvalue weighted by Crippen LogP contribution is 2.34. The Hall–Kier alpha value is -4.81. The monoisotopic (exact) mass is 622 g/mol. The van der Waals surface area contributed by atoms with Gasteiger partial charge in [0, 0.05) is 25.7 Å². The molecular weight excluding hydrogens is 587 g/mol. The van der Waals surface area contributed by atoms with Gasteiger partial charge >= 0.3 is 11.3 Å². The van der Waals surface area contributed by atoms with Gasteiger partial charge in [-0.05, 0) is 47.8 Å². The molecule has 3 aromatic heterocycles. The van der Waals surface area contributed by atoms with Crippen LogP contribution < -0.4 is 20.2 Å². The maximum atomic E-state index is 16.3. The number of fused-ring (bicyclic) bond motifs is 1. The largest absolute Gasteiger partial charge is 0.442 e. The first-order chi connectivity index (χ1) is 21.4. The minimum atomic E-state index is -1.02. The van der Waals surface area contributed by atoms with Gasteiger partial charge in [-0.1, -0.05) is 40.3 Å². The molecule has 1 fully saturated rings. The number of pyridine rings is 1. The Labute approximate surface area is 258 Å². The lowest BCUT2D eigenvalue weighted by molar-refractivity contribution is -0.859. The Balaban J connectivity index is 1.95. The SMILES string of the molecule is C=CC(=O)N1CCN(c2nc(=O)n(-c3c(C(C)C)ncnc3C(C)C)c3c2cc(F)c(-c2c(F)cccc2F)[n+]3OC)C(C)C1. The third-order valence-electron chi connectivity index (χ3n) is 7.94. The number of carbonyl (C=O) groups excluding carboxylic acids is 1. The average Bonchev–Trinajstić information content (AvgIpc) is 3.00. The fourth-order valence-electron chi connectivity index (χ4n) is 5.86. The van der Waals surface area contributed by atoms with Gasteiger partial charge in [-0.2, -0.15) is 4.98 Å². The Kier molecular flexibility index (Phi) is 8.63. The number of rotatable bonds is 7. The number of nitrogens with zero attached hydrogens (tertiary/aromatic N) is 7. The lowest BCUT2D eigenvalue weighted by Gasteiger charge is -2.40. The Morgan fingerprint density at radius 1 is 1.07 bits per heavy atom. The molecule has 1 aromatic carbocycles. The highest BCUT2D eigenvalue weighted by molar-refractivity contribution is 5.89. The maximum absolute atomic E-state index is 16.3. The van der Waals surface area contributed by atoms with E-state index in [2.05, 4.69) is 21.5 Å². The molecule has 1 saturated heterocycles. The smallest absolute Gasteiger partial charge is 0.349 e. The summed E-state index contributed by atoms with van der Waals surface area (Å²) in [6.45, 7) is 13.9. The molecule has 0 spiro atoms. The summed E-state index contributed by atoms with van der Waals surface area (Å²) in [6.07, 6.45) is 2.65. The summed E-state index contributed by atoms with van der Waals surface area (Å²) in [6, 6.07) is 3.96. The molecule has 0 saturated carbocycles. The molecule has 1 amide bonds. The van der Waals surface area contributed by atoms with E-state index in [0.717, 1.165) is 22.9 Å². The zero-order valence-corrected chi connectivity index (χ0v) is 26.0. The minimum absolute atomic E-state index is 0.0260. The van der Waals surface area contributed by atoms with Crippen LogP contribution >= 0.6 is 0 Å². The van der Waals surface area contributed by atoms with Gasteiger partial charge in [-0.15, -0.1) is 4.57 Å². The molecule has 5 rings (SSSR count). The lowest BCUT2D eigenvalue weighted by Crippen LogP contribution is -2.54. The van der Waals surface area contributed by atoms with Gasteiger partial charge in [0.25, 0.3) is 0 Å². The molecule has 4 heterocycles. The highest BCUT2D eigenvalue weighted by Gasteiger charge is 2.38. The van der Waals surface area contributed by atoms with Gasteiger partial charge in [0.15, 0.2) is 17.3 Å². The van der Waals surface area contributed by atoms with Crippen LogP contribution in [0, 0.1) is 17.5 Å². The summed E-state index contributed by atoms with van der Waals surface area (Å²) < 4.78 is 48.8. The summed E-state index contributed by atoms with van der Waals surface area (Å²) in [7, 11) is 1.21. The van der Waals surface area contributed by atoms with Gasteiger partial charge < -0.3 is 14.6 Å². The standard InChI is InChI=1S/C32H35F3N7O3/c1-8-24(43)39-12-13-40(19(6)15-39)30-20-14-23(35)28(25-21(33)10-9-11-22(25)34)42(45-7)31(20)41(32(44)38-30)29-26(17(2)3)36-16-37-27(29)18(4)5/h8-11,14,16-19H,1,12-13,15H2,2-7H3/q+1. The zero-order chi connectivity index (χ0) is 32.7. The fraction of sp³-hybridized carbons (Fsp3) is 0.375. The van der Waals surface area contributed by atoms with Crippen LogP contribution in [0.3, 0.4) is 0 Å². The van der Waals surface area contributed by atoms with Crippen molar-refractivity contribution in [1.29, 1.82) is 0 Å². The van der Waals surface area contributed by atoms with Gasteiger partial charge in [0.1, 0.15) is 30.5 Å². The molecule has 0 radical (unpaired) electrons. The molecule has 13 heteroatoms. The summed E-state index contributed by atoms with van der Waals surface area (Å²) in [5.41, 5.74) is -0.659. The van der Waals surface area contributed by atoms with Crippen molar-refractivity contribution in [2.75, 3.05) is 31.6 Å². The van der Waals surface area contributed by atoms with Crippen LogP contribution in [-0.4, -0.2) is 63.1 Å². The van der Waals surface area contributed by atoms with Crippen LogP contribution in [0.2, 0.25) is 0 Å². The zero-order valence-electron chi connectivity index (χ0n) is 26.0. The predicted molar refractivity (Wildman–Crippen MR) is 163 cm³/mol. The van der Waals surface area contributed by atoms with Crippen LogP contribution in [0.4, 0.5) is 19.0 Å². The first kappa shape index (κ1) is 31.6. The third-order valence-corrected chi connectivity index (χ3v) is 7.94. The molecular formula is C32H35F3N7O3+. The first-order valence-electron chi connectivity index (χ1n) is 14.6. The Morgan fingerprint density at radius 2 is 1.69 bits per heavy atom. The Morgan fingerprint density at radius 3 is 2.22 bits per heavy atom. The van der Waals surface area contributed by atoms with E-state index >= 15 is 13.2 Å². The van der Waals surface area contributed by atoms with Gasteiger partial charge in [0.05, 0.1) is 17.0 Å². The summed E-state index contributed by atoms with van der Waals surface area (Å²) in [5.74, 6) is -3.52. The predicted octanol–water partition coefficient (Wildman–Crippen LogP) is 4.08. The topological polar surface area (TPSA) is 97.3 Å². The van der Waals surface area contributed by atoms with Crippen LogP contribution in [0.5, 0.6) is 0 Å². The molecule has 45 heavy (non-hydrogen) atoms. The van der Waals surface area contributed by atoms with Crippen molar-refractivity contribution in [3.8, 4) is 16.9 Å². The van der Waals surface area contributed by atoms with E-state index in [9.17, 15) is 9.59 Å². The minimum Gasteiger partial charge on any atom is -0.349 e. The third kappa shape index (κ3) is 5.40. The van der Waals surface area contributed by atoms with E-state index in [4.69, 9.17) is 4.84 Å². The van der Waals surface area contributed by atoms with Crippen molar-refractivity contribution in [3.05, 3.63) is 82.6 Å². The van der Waals surface area contributed by atoms with Crippen LogP contribution in [0.25, 0.3) is 28.0 Å². The second-order valence-electron chi connectivity index (χ2n) is 11.5. The lowest BCUT2D eigenvalue weighted by atomic mass is 10.0. The molecule has 0 bridgehead atoms. The number of amides is 1. The number of piperazine rings is 1. The summed E-state index contributed by atoms with van der Waals surface area (Å²) >= 11 is 0. The number of hydrogen-bond donors (Lipinski definition) is 0. The number of carbonyl (C=O) groups is 1. The first-order valence-corrected chi connectivity index (χ1v) is 14.6. The van der Waals surface area contributed by atoms with Crippen molar-refractivity contribution in [2.45, 2.75) is 52.5 Å². The van der Waals surface area contributed by atoms with Crippen molar-refractivity contribution >= 4 is 22.8 Å². The van der Waals surface area contributed by atoms with E-state index in [-0.39, 0.29) is 47.2 Å². The van der Waals surface area contributed by atoms with E-state index in [1.807, 2.05) is 34.6 Å². The van der Waals surface area contributed by atoms with E-state index in [1.54, 1.807) is 9.80 Å². The molecule has 1 aliphatic rings. The number of aromatic nitrogens is 5. The molecule has 0 N–H and O–H groups in total. The molecule has 4 aromatic rings. The van der Waals surface area contributed by atoms with Crippen molar-refractivity contribution < 1.29 is 27.5 Å². The molecule has 1 aliphatic heterocycles. The van der Waals surface area contributed by atoms with Gasteiger partial charge in [-0.25, -0.2) is 27.9 Å². The number of halogens is 3. The maximum Gasteiger partial charge on any atom is 0.442 e. The van der Waals surface area contributed by atoms with Crippen molar-refractivity contribution in [1.82, 2.24) is 24.4 Å². The van der Waals surface area contributed by atoms with E-state index < -0.39 is 34.4 Å². The number of hydrogen-bond acceptors (Lipinski definition) is 7. The van der Waals surface area contributed by atoms with E-state index in [1.165, 1.54) is 30.1 Å². The van der Waals surface area contributed by atoms with Gasteiger partial charge in [-0.3, -0.25) is 4.79 Å². The molecule has 1 atom stereocenters. The normalized spacial score (nSPS) is 15.3. The number of benzene rings is 1. The Bertz CT molecular complexity index is 1830. The van der Waals surface area contributed by atoms with Gasteiger partial charge in [0.2, 0.25) is 11.6 Å². The van der Waals surface area contributed by atoms with Crippen LogP contribution in [0.15, 0.2) is 48.0 Å². The summed E-state index contributed by atoms with van der Waals surface area (Å²) in [4.78, 5) is 49.2. The highest BCUT2D eigenvalue weighted by atomic mass is 19.1. The molecule has 236 valence electrons.